The number of nitrogens with zero attached hydrogens (tertiary/aromatic N) is 1. The molecule has 0 amide bonds. The van der Waals surface area contributed by atoms with E-state index in [2.05, 4.69) is 24.1 Å². The fourth-order valence-corrected chi connectivity index (χ4v) is 2.97. The second-order valence-corrected chi connectivity index (χ2v) is 6.47. The van der Waals surface area contributed by atoms with Gasteiger partial charge in [0, 0.05) is 13.7 Å². The molecular weight excluding hydrogens is 267 g/mol. The standard InChI is InChI=1S/C17H27FN2O/c1-17(2,14-6-8-15(18)9-7-14)10-12-20-11-4-5-16(20)19-13-21-3/h6-9,16,19H,4-5,10-13H2,1-3H3. The molecule has 0 aromatic heterocycles. The summed E-state index contributed by atoms with van der Waals surface area (Å²) in [4.78, 5) is 2.49. The van der Waals surface area contributed by atoms with Gasteiger partial charge in [-0.05, 0) is 48.9 Å². The highest BCUT2D eigenvalue weighted by Gasteiger charge is 2.27. The topological polar surface area (TPSA) is 24.5 Å². The minimum atomic E-state index is -0.169. The van der Waals surface area contributed by atoms with E-state index >= 15 is 0 Å². The molecule has 0 bridgehead atoms. The number of halogens is 1. The Morgan fingerprint density at radius 2 is 2.05 bits per heavy atom. The summed E-state index contributed by atoms with van der Waals surface area (Å²) in [6, 6.07) is 6.91. The van der Waals surface area contributed by atoms with E-state index in [0.717, 1.165) is 19.5 Å². The Hall–Kier alpha value is -0.970. The molecule has 3 nitrogen and oxygen atoms in total. The Kier molecular flexibility index (Phi) is 5.73. The molecule has 118 valence electrons. The van der Waals surface area contributed by atoms with Gasteiger partial charge in [0.2, 0.25) is 0 Å². The van der Waals surface area contributed by atoms with Crippen LogP contribution in [0.15, 0.2) is 24.3 Å². The molecule has 0 spiro atoms. The molecule has 1 aliphatic heterocycles. The van der Waals surface area contributed by atoms with Crippen molar-refractivity contribution in [3.8, 4) is 0 Å². The molecule has 1 saturated heterocycles. The van der Waals surface area contributed by atoms with Crippen molar-refractivity contribution in [2.24, 2.45) is 0 Å². The molecule has 2 rings (SSSR count). The maximum absolute atomic E-state index is 13.0. The van der Waals surface area contributed by atoms with E-state index < -0.39 is 0 Å². The molecule has 1 heterocycles. The lowest BCUT2D eigenvalue weighted by molar-refractivity contribution is 0.118. The molecule has 0 saturated carbocycles. The smallest absolute Gasteiger partial charge is 0.123 e. The van der Waals surface area contributed by atoms with Crippen molar-refractivity contribution in [3.05, 3.63) is 35.6 Å². The van der Waals surface area contributed by atoms with E-state index in [1.54, 1.807) is 19.2 Å². The zero-order valence-corrected chi connectivity index (χ0v) is 13.4. The lowest BCUT2D eigenvalue weighted by Gasteiger charge is -2.31. The van der Waals surface area contributed by atoms with Crippen molar-refractivity contribution in [3.63, 3.8) is 0 Å². The molecule has 1 fully saturated rings. The zero-order chi connectivity index (χ0) is 15.3. The quantitative estimate of drug-likeness (QED) is 0.782. The number of rotatable bonds is 7. The number of ether oxygens (including phenoxy) is 1. The SMILES string of the molecule is COCNC1CCCN1CCC(C)(C)c1ccc(F)cc1. The highest BCUT2D eigenvalue weighted by atomic mass is 19.1. The van der Waals surface area contributed by atoms with Crippen LogP contribution in [0.2, 0.25) is 0 Å². The van der Waals surface area contributed by atoms with E-state index in [1.807, 2.05) is 12.1 Å². The van der Waals surface area contributed by atoms with Crippen LogP contribution in [-0.2, 0) is 10.2 Å². The molecule has 1 N–H and O–H groups in total. The van der Waals surface area contributed by atoms with Gasteiger partial charge in [0.15, 0.2) is 0 Å². The highest BCUT2D eigenvalue weighted by molar-refractivity contribution is 5.24. The Balaban J connectivity index is 1.90. The van der Waals surface area contributed by atoms with Crippen LogP contribution in [0.3, 0.4) is 0 Å². The molecule has 1 aliphatic rings. The third-order valence-electron chi connectivity index (χ3n) is 4.48. The van der Waals surface area contributed by atoms with Gasteiger partial charge < -0.3 is 4.74 Å². The maximum Gasteiger partial charge on any atom is 0.123 e. The van der Waals surface area contributed by atoms with E-state index in [9.17, 15) is 4.39 Å². The molecule has 1 atom stereocenters. The number of likely N-dealkylation sites (tertiary alicyclic amines) is 1. The van der Waals surface area contributed by atoms with Crippen molar-refractivity contribution in [1.29, 1.82) is 0 Å². The first-order valence-corrected chi connectivity index (χ1v) is 7.75. The Bertz CT molecular complexity index is 433. The average molecular weight is 294 g/mol. The Labute approximate surface area is 127 Å². The molecule has 1 unspecified atom stereocenters. The van der Waals surface area contributed by atoms with Crippen molar-refractivity contribution < 1.29 is 9.13 Å². The van der Waals surface area contributed by atoms with Crippen molar-refractivity contribution in [2.45, 2.75) is 44.7 Å². The molecule has 0 aliphatic carbocycles. The Morgan fingerprint density at radius 3 is 2.71 bits per heavy atom. The first-order valence-electron chi connectivity index (χ1n) is 7.75. The minimum absolute atomic E-state index is 0.0576. The number of benzene rings is 1. The van der Waals surface area contributed by atoms with Gasteiger partial charge in [-0.25, -0.2) is 4.39 Å². The summed E-state index contributed by atoms with van der Waals surface area (Å²) in [6.45, 7) is 7.25. The third kappa shape index (κ3) is 4.50. The minimum Gasteiger partial charge on any atom is -0.369 e. The van der Waals surface area contributed by atoms with Gasteiger partial charge in [-0.3, -0.25) is 10.2 Å². The first-order chi connectivity index (χ1) is 10.0. The van der Waals surface area contributed by atoms with Gasteiger partial charge >= 0.3 is 0 Å². The molecule has 1 aromatic carbocycles. The van der Waals surface area contributed by atoms with Gasteiger partial charge in [-0.15, -0.1) is 0 Å². The highest BCUT2D eigenvalue weighted by Crippen LogP contribution is 2.28. The first kappa shape index (κ1) is 16.4. The second-order valence-electron chi connectivity index (χ2n) is 6.47. The third-order valence-corrected chi connectivity index (χ3v) is 4.48. The largest absolute Gasteiger partial charge is 0.369 e. The van der Waals surface area contributed by atoms with Crippen molar-refractivity contribution in [2.75, 3.05) is 26.9 Å². The lowest BCUT2D eigenvalue weighted by Crippen LogP contribution is -2.43. The monoisotopic (exact) mass is 294 g/mol. The predicted octanol–water partition coefficient (Wildman–Crippen LogP) is 3.11. The van der Waals surface area contributed by atoms with Crippen LogP contribution in [-0.4, -0.2) is 38.0 Å². The van der Waals surface area contributed by atoms with Crippen LogP contribution < -0.4 is 5.32 Å². The van der Waals surface area contributed by atoms with Crippen molar-refractivity contribution >= 4 is 0 Å². The van der Waals surface area contributed by atoms with Gasteiger partial charge in [-0.2, -0.15) is 0 Å². The Morgan fingerprint density at radius 1 is 1.33 bits per heavy atom. The summed E-state index contributed by atoms with van der Waals surface area (Å²) >= 11 is 0. The van der Waals surface area contributed by atoms with Crippen LogP contribution in [0, 0.1) is 5.82 Å². The van der Waals surface area contributed by atoms with Gasteiger partial charge in [0.05, 0.1) is 12.9 Å². The zero-order valence-electron chi connectivity index (χ0n) is 13.4. The van der Waals surface area contributed by atoms with Gasteiger partial charge in [0.25, 0.3) is 0 Å². The fraction of sp³-hybridized carbons (Fsp3) is 0.647. The summed E-state index contributed by atoms with van der Waals surface area (Å²) in [7, 11) is 1.71. The number of hydrogen-bond donors (Lipinski definition) is 1. The van der Waals surface area contributed by atoms with Crippen LogP contribution in [0.5, 0.6) is 0 Å². The van der Waals surface area contributed by atoms with Crippen molar-refractivity contribution in [1.82, 2.24) is 10.2 Å². The molecular formula is C17H27FN2O. The van der Waals surface area contributed by atoms with Crippen LogP contribution in [0.1, 0.15) is 38.7 Å². The molecule has 4 heteroatoms. The van der Waals surface area contributed by atoms with E-state index in [1.165, 1.54) is 18.4 Å². The number of nitrogens with one attached hydrogen (secondary N) is 1. The summed E-state index contributed by atoms with van der Waals surface area (Å²) in [6.07, 6.45) is 3.90. The molecule has 21 heavy (non-hydrogen) atoms. The summed E-state index contributed by atoms with van der Waals surface area (Å²) in [5.74, 6) is -0.169. The summed E-state index contributed by atoms with van der Waals surface area (Å²) < 4.78 is 18.2. The lowest BCUT2D eigenvalue weighted by atomic mass is 9.81. The van der Waals surface area contributed by atoms with Gasteiger partial charge in [0.1, 0.15) is 5.82 Å². The van der Waals surface area contributed by atoms with E-state index in [4.69, 9.17) is 4.74 Å². The van der Waals surface area contributed by atoms with E-state index in [0.29, 0.717) is 12.9 Å². The summed E-state index contributed by atoms with van der Waals surface area (Å²) in [5, 5.41) is 3.42. The maximum atomic E-state index is 13.0. The van der Waals surface area contributed by atoms with Crippen LogP contribution in [0.25, 0.3) is 0 Å². The fourth-order valence-electron chi connectivity index (χ4n) is 2.97. The summed E-state index contributed by atoms with van der Waals surface area (Å²) in [5.41, 5.74) is 1.26. The normalized spacial score (nSPS) is 20.1. The second kappa shape index (κ2) is 7.34. The predicted molar refractivity (Wildman–Crippen MR) is 83.6 cm³/mol. The molecule has 1 aromatic rings. The van der Waals surface area contributed by atoms with Gasteiger partial charge in [-0.1, -0.05) is 26.0 Å². The average Bonchev–Trinajstić information content (AvgIpc) is 2.91. The van der Waals surface area contributed by atoms with Crippen LogP contribution in [0.4, 0.5) is 4.39 Å². The number of hydrogen-bond acceptors (Lipinski definition) is 3. The van der Waals surface area contributed by atoms with Crippen LogP contribution >= 0.6 is 0 Å². The number of methoxy groups -OCH3 is 1. The van der Waals surface area contributed by atoms with E-state index in [-0.39, 0.29) is 11.2 Å². The molecule has 0 radical (unpaired) electrons.